The number of pyridine rings is 2. The predicted octanol–water partition coefficient (Wildman–Crippen LogP) is 3.59. The van der Waals surface area contributed by atoms with Crippen molar-refractivity contribution in [1.29, 1.82) is 0 Å². The molecule has 0 spiro atoms. The van der Waals surface area contributed by atoms with Gasteiger partial charge in [0.1, 0.15) is 0 Å². The number of rotatable bonds is 5. The van der Waals surface area contributed by atoms with Crippen LogP contribution in [-0.4, -0.2) is 54.6 Å². The first-order chi connectivity index (χ1) is 16.9. The Morgan fingerprint density at radius 1 is 0.971 bits per heavy atom. The monoisotopic (exact) mass is 489 g/mol. The Kier molecular flexibility index (Phi) is 5.26. The summed E-state index contributed by atoms with van der Waals surface area (Å²) < 4.78 is 34.7. The lowest BCUT2D eigenvalue weighted by molar-refractivity contribution is 0.398. The van der Waals surface area contributed by atoms with Crippen molar-refractivity contribution in [3.63, 3.8) is 0 Å². The van der Waals surface area contributed by atoms with Gasteiger partial charge >= 0.3 is 0 Å². The lowest BCUT2D eigenvalue weighted by Crippen LogP contribution is -2.51. The highest BCUT2D eigenvalue weighted by molar-refractivity contribution is 7.90. The minimum atomic E-state index is -3.93. The third-order valence-electron chi connectivity index (χ3n) is 6.99. The van der Waals surface area contributed by atoms with E-state index < -0.39 is 10.0 Å². The van der Waals surface area contributed by atoms with Gasteiger partial charge in [-0.25, -0.2) is 22.4 Å². The van der Waals surface area contributed by atoms with Crippen LogP contribution in [0.25, 0.3) is 22.3 Å². The maximum absolute atomic E-state index is 14.0. The molecule has 2 unspecified atom stereocenters. The summed E-state index contributed by atoms with van der Waals surface area (Å²) in [6, 6.07) is 15.3. The number of aromatic nitrogens is 3. The predicted molar refractivity (Wildman–Crippen MR) is 135 cm³/mol. The standard InChI is InChI=1S/C26H27N5O3S/c1-17-3-7-21(8-4-17)35(32,33)31-24(18-9-11-27-25(13-18)34-2)14-22-23(10-12-28-26(22)31)30-15-19-5-6-20(16-30)29-19/h3-4,7-14,19-20,29H,5-6,15-16H2,1-2H3. The van der Waals surface area contributed by atoms with Gasteiger partial charge in [-0.2, -0.15) is 0 Å². The van der Waals surface area contributed by atoms with Crippen LogP contribution in [0.15, 0.2) is 65.8 Å². The van der Waals surface area contributed by atoms with Gasteiger partial charge in [0.05, 0.1) is 17.7 Å². The third-order valence-corrected chi connectivity index (χ3v) is 8.71. The lowest BCUT2D eigenvalue weighted by atomic mass is 10.1. The smallest absolute Gasteiger partial charge is 0.269 e. The number of piperazine rings is 1. The molecule has 8 nitrogen and oxygen atoms in total. The van der Waals surface area contributed by atoms with E-state index in [1.54, 1.807) is 43.8 Å². The fourth-order valence-corrected chi connectivity index (χ4v) is 6.75. The second-order valence-corrected chi connectivity index (χ2v) is 11.1. The van der Waals surface area contributed by atoms with Gasteiger partial charge in [-0.15, -0.1) is 0 Å². The first kappa shape index (κ1) is 22.1. The van der Waals surface area contributed by atoms with Crippen molar-refractivity contribution in [2.75, 3.05) is 25.1 Å². The molecule has 1 N–H and O–H groups in total. The van der Waals surface area contributed by atoms with E-state index in [0.717, 1.165) is 29.7 Å². The molecule has 0 amide bonds. The van der Waals surface area contributed by atoms with Crippen molar-refractivity contribution >= 4 is 26.7 Å². The number of fused-ring (bicyclic) bond motifs is 3. The Morgan fingerprint density at radius 3 is 2.40 bits per heavy atom. The first-order valence-corrected chi connectivity index (χ1v) is 13.2. The highest BCUT2D eigenvalue weighted by Gasteiger charge is 2.34. The number of nitrogens with one attached hydrogen (secondary N) is 1. The van der Waals surface area contributed by atoms with Crippen molar-refractivity contribution in [3.05, 3.63) is 66.5 Å². The normalized spacial score (nSPS) is 19.9. The Balaban J connectivity index is 1.59. The molecule has 35 heavy (non-hydrogen) atoms. The molecule has 2 fully saturated rings. The minimum Gasteiger partial charge on any atom is -0.481 e. The molecular formula is C26H27N5O3S. The highest BCUT2D eigenvalue weighted by Crippen LogP contribution is 2.37. The van der Waals surface area contributed by atoms with Crippen LogP contribution in [0.2, 0.25) is 0 Å². The average molecular weight is 490 g/mol. The second kappa shape index (κ2) is 8.35. The molecule has 5 heterocycles. The number of anilines is 1. The molecule has 0 radical (unpaired) electrons. The molecule has 1 aromatic carbocycles. The zero-order valence-corrected chi connectivity index (χ0v) is 20.5. The molecule has 6 rings (SSSR count). The van der Waals surface area contributed by atoms with Gasteiger partial charge in [-0.05, 0) is 50.1 Å². The van der Waals surface area contributed by atoms with E-state index in [4.69, 9.17) is 4.74 Å². The molecule has 0 saturated carbocycles. The maximum Gasteiger partial charge on any atom is 0.269 e. The molecule has 2 bridgehead atoms. The SMILES string of the molecule is COc1cc(-c2cc3c(N4CC5CCC(C4)N5)ccnc3n2S(=O)(=O)c2ccc(C)cc2)ccn1. The van der Waals surface area contributed by atoms with Crippen LogP contribution in [0.4, 0.5) is 5.69 Å². The fourth-order valence-electron chi connectivity index (χ4n) is 5.27. The van der Waals surface area contributed by atoms with Gasteiger partial charge in [0, 0.05) is 60.3 Å². The van der Waals surface area contributed by atoms with E-state index in [1.165, 1.54) is 16.8 Å². The summed E-state index contributed by atoms with van der Waals surface area (Å²) in [6.45, 7) is 3.72. The summed E-state index contributed by atoms with van der Waals surface area (Å²) in [5, 5.41) is 4.48. The maximum atomic E-state index is 14.0. The first-order valence-electron chi connectivity index (χ1n) is 11.8. The number of ether oxygens (including phenoxy) is 1. The number of hydrogen-bond donors (Lipinski definition) is 1. The van der Waals surface area contributed by atoms with E-state index in [2.05, 4.69) is 20.2 Å². The van der Waals surface area contributed by atoms with Crippen molar-refractivity contribution < 1.29 is 13.2 Å². The van der Waals surface area contributed by atoms with Crippen LogP contribution >= 0.6 is 0 Å². The van der Waals surface area contributed by atoms with Gasteiger partial charge in [0.15, 0.2) is 5.65 Å². The minimum absolute atomic E-state index is 0.218. The molecule has 0 aliphatic carbocycles. The number of methoxy groups -OCH3 is 1. The van der Waals surface area contributed by atoms with Crippen LogP contribution in [-0.2, 0) is 10.0 Å². The molecule has 180 valence electrons. The van der Waals surface area contributed by atoms with Crippen molar-refractivity contribution in [2.24, 2.45) is 0 Å². The molecular weight excluding hydrogens is 462 g/mol. The van der Waals surface area contributed by atoms with Gasteiger partial charge in [-0.1, -0.05) is 17.7 Å². The summed E-state index contributed by atoms with van der Waals surface area (Å²) >= 11 is 0. The van der Waals surface area contributed by atoms with E-state index in [9.17, 15) is 8.42 Å². The van der Waals surface area contributed by atoms with Crippen LogP contribution in [0.3, 0.4) is 0 Å². The molecule has 2 atom stereocenters. The Morgan fingerprint density at radius 2 is 1.69 bits per heavy atom. The topological polar surface area (TPSA) is 89.4 Å². The van der Waals surface area contributed by atoms with Gasteiger partial charge in [0.2, 0.25) is 5.88 Å². The van der Waals surface area contributed by atoms with Gasteiger partial charge < -0.3 is 15.0 Å². The third kappa shape index (κ3) is 3.75. The summed E-state index contributed by atoms with van der Waals surface area (Å²) in [7, 11) is -2.39. The number of benzene rings is 1. The zero-order chi connectivity index (χ0) is 24.2. The molecule has 2 saturated heterocycles. The van der Waals surface area contributed by atoms with Crippen molar-refractivity contribution in [2.45, 2.75) is 36.7 Å². The fraction of sp³-hybridized carbons (Fsp3) is 0.308. The summed E-state index contributed by atoms with van der Waals surface area (Å²) in [5.74, 6) is 0.416. The van der Waals surface area contributed by atoms with Crippen LogP contribution in [0.1, 0.15) is 18.4 Å². The van der Waals surface area contributed by atoms with Crippen LogP contribution in [0, 0.1) is 6.92 Å². The molecule has 3 aromatic heterocycles. The van der Waals surface area contributed by atoms with Crippen LogP contribution in [0.5, 0.6) is 5.88 Å². The quantitative estimate of drug-likeness (QED) is 0.458. The summed E-state index contributed by atoms with van der Waals surface area (Å²) in [5.41, 5.74) is 3.64. The number of hydrogen-bond acceptors (Lipinski definition) is 7. The molecule has 2 aliphatic rings. The molecule has 4 aromatic rings. The van der Waals surface area contributed by atoms with Crippen molar-refractivity contribution in [1.82, 2.24) is 19.3 Å². The Labute approximate surface area is 204 Å². The Bertz CT molecular complexity index is 1500. The van der Waals surface area contributed by atoms with Gasteiger partial charge in [-0.3, -0.25) is 0 Å². The number of aryl methyl sites for hydroxylation is 1. The van der Waals surface area contributed by atoms with E-state index >= 15 is 0 Å². The average Bonchev–Trinajstić information content (AvgIpc) is 3.44. The molecule has 9 heteroatoms. The zero-order valence-electron chi connectivity index (χ0n) is 19.7. The summed E-state index contributed by atoms with van der Waals surface area (Å²) in [6.07, 6.45) is 5.66. The second-order valence-electron chi connectivity index (χ2n) is 9.31. The molecule has 2 aliphatic heterocycles. The van der Waals surface area contributed by atoms with Crippen molar-refractivity contribution in [3.8, 4) is 17.1 Å². The Hall–Kier alpha value is -3.43. The lowest BCUT2D eigenvalue weighted by Gasteiger charge is -2.34. The largest absolute Gasteiger partial charge is 0.481 e. The highest BCUT2D eigenvalue weighted by atomic mass is 32.2. The van der Waals surface area contributed by atoms with E-state index in [0.29, 0.717) is 34.9 Å². The number of nitrogens with zero attached hydrogens (tertiary/aromatic N) is 4. The summed E-state index contributed by atoms with van der Waals surface area (Å²) in [4.78, 5) is 11.4. The van der Waals surface area contributed by atoms with E-state index in [-0.39, 0.29) is 4.90 Å². The van der Waals surface area contributed by atoms with Crippen LogP contribution < -0.4 is 15.0 Å². The van der Waals surface area contributed by atoms with E-state index in [1.807, 2.05) is 31.2 Å². The van der Waals surface area contributed by atoms with Gasteiger partial charge in [0.25, 0.3) is 10.0 Å².